The largest absolute Gasteiger partial charge is 0.448 e. The Morgan fingerprint density at radius 1 is 1.26 bits per heavy atom. The van der Waals surface area contributed by atoms with Crippen molar-refractivity contribution in [3.63, 3.8) is 0 Å². The molecule has 19 heavy (non-hydrogen) atoms. The first kappa shape index (κ1) is 15.9. The van der Waals surface area contributed by atoms with Crippen LogP contribution in [0.3, 0.4) is 0 Å². The lowest BCUT2D eigenvalue weighted by molar-refractivity contribution is 0.169. The smallest absolute Gasteiger partial charge is 0.411 e. The van der Waals surface area contributed by atoms with Crippen molar-refractivity contribution in [1.29, 1.82) is 0 Å². The maximum Gasteiger partial charge on any atom is 0.411 e. The third-order valence-electron chi connectivity index (χ3n) is 2.56. The van der Waals surface area contributed by atoms with Gasteiger partial charge >= 0.3 is 6.09 Å². The molecule has 0 aromatic heterocycles. The summed E-state index contributed by atoms with van der Waals surface area (Å²) < 4.78 is 5.15. The van der Waals surface area contributed by atoms with E-state index < -0.39 is 16.1 Å². The van der Waals surface area contributed by atoms with Gasteiger partial charge in [-0.25, -0.2) is 14.8 Å². The van der Waals surface area contributed by atoms with Crippen molar-refractivity contribution in [2.45, 2.75) is 6.42 Å². The van der Waals surface area contributed by atoms with E-state index in [-0.39, 0.29) is 0 Å². The van der Waals surface area contributed by atoms with Crippen molar-refractivity contribution in [3.05, 3.63) is 29.8 Å². The van der Waals surface area contributed by atoms with Crippen molar-refractivity contribution >= 4 is 21.8 Å². The molecule has 0 radical (unpaired) electrons. The van der Waals surface area contributed by atoms with Gasteiger partial charge in [-0.05, 0) is 49.4 Å². The van der Waals surface area contributed by atoms with Crippen LogP contribution in [0.1, 0.15) is 5.56 Å². The average Bonchev–Trinajstić information content (AvgIpc) is 2.30. The number of rotatable bonds is 6. The van der Waals surface area contributed by atoms with Crippen LogP contribution in [0.5, 0.6) is 0 Å². The molecule has 0 spiro atoms. The van der Waals surface area contributed by atoms with Crippen LogP contribution in [-0.4, -0.2) is 43.8 Å². The molecule has 1 amide bonds. The molecule has 0 fully saturated rings. The van der Waals surface area contributed by atoms with E-state index in [2.05, 4.69) is 24.1 Å². The maximum atomic E-state index is 11.6. The SMILES string of the molecule is CS(C)(C)CCOC(=O)Nc1ccc(CCN)cc1. The zero-order valence-corrected chi connectivity index (χ0v) is 12.8. The monoisotopic (exact) mass is 284 g/mol. The van der Waals surface area contributed by atoms with Gasteiger partial charge < -0.3 is 10.5 Å². The third kappa shape index (κ3) is 7.08. The molecule has 108 valence electrons. The lowest BCUT2D eigenvalue weighted by Crippen LogP contribution is -2.17. The number of ether oxygens (including phenoxy) is 1. The summed E-state index contributed by atoms with van der Waals surface area (Å²) in [5.41, 5.74) is 7.39. The zero-order chi connectivity index (χ0) is 14.3. The minimum atomic E-state index is -0.621. The molecular formula is C14H24N2O2S. The molecule has 1 rings (SSSR count). The molecule has 0 saturated heterocycles. The summed E-state index contributed by atoms with van der Waals surface area (Å²) in [7, 11) is -0.621. The van der Waals surface area contributed by atoms with Gasteiger partial charge in [0.2, 0.25) is 0 Å². The first-order valence-electron chi connectivity index (χ1n) is 6.29. The van der Waals surface area contributed by atoms with Gasteiger partial charge in [0.05, 0.1) is 0 Å². The van der Waals surface area contributed by atoms with Gasteiger partial charge in [0, 0.05) is 11.4 Å². The zero-order valence-electron chi connectivity index (χ0n) is 11.9. The first-order valence-corrected chi connectivity index (χ1v) is 9.32. The highest BCUT2D eigenvalue weighted by Gasteiger charge is 2.07. The van der Waals surface area contributed by atoms with Crippen LogP contribution in [0.4, 0.5) is 10.5 Å². The first-order chi connectivity index (χ1) is 8.90. The molecule has 0 saturated carbocycles. The van der Waals surface area contributed by atoms with Crippen LogP contribution in [0.15, 0.2) is 24.3 Å². The summed E-state index contributed by atoms with van der Waals surface area (Å²) in [4.78, 5) is 11.6. The number of anilines is 1. The summed E-state index contributed by atoms with van der Waals surface area (Å²) in [6.45, 7) is 1.10. The van der Waals surface area contributed by atoms with Gasteiger partial charge in [-0.3, -0.25) is 5.32 Å². The van der Waals surface area contributed by atoms with E-state index in [1.807, 2.05) is 24.3 Å². The predicted octanol–water partition coefficient (Wildman–Crippen LogP) is 2.43. The Morgan fingerprint density at radius 3 is 2.42 bits per heavy atom. The van der Waals surface area contributed by atoms with Gasteiger partial charge in [-0.15, -0.1) is 0 Å². The number of hydrogen-bond donors (Lipinski definition) is 2. The van der Waals surface area contributed by atoms with Crippen molar-refractivity contribution in [2.75, 3.05) is 43.0 Å². The molecule has 0 aliphatic heterocycles. The van der Waals surface area contributed by atoms with Crippen LogP contribution in [-0.2, 0) is 11.2 Å². The molecule has 0 aliphatic carbocycles. The maximum absolute atomic E-state index is 11.6. The van der Waals surface area contributed by atoms with Crippen LogP contribution in [0, 0.1) is 0 Å². The third-order valence-corrected chi connectivity index (χ3v) is 3.95. The number of nitrogens with two attached hydrogens (primary N) is 1. The molecule has 1 aromatic carbocycles. The molecule has 0 heterocycles. The Hall–Kier alpha value is -1.20. The Kier molecular flexibility index (Phi) is 6.18. The molecular weight excluding hydrogens is 260 g/mol. The Labute approximate surface area is 117 Å². The topological polar surface area (TPSA) is 64.3 Å². The molecule has 1 aromatic rings. The van der Waals surface area contributed by atoms with Gasteiger partial charge in [0.15, 0.2) is 0 Å². The number of carbonyl (C=O) groups is 1. The van der Waals surface area contributed by atoms with Crippen LogP contribution < -0.4 is 11.1 Å². The van der Waals surface area contributed by atoms with Crippen molar-refractivity contribution in [3.8, 4) is 0 Å². The average molecular weight is 284 g/mol. The molecule has 0 aliphatic rings. The normalized spacial score (nSPS) is 12.0. The van der Waals surface area contributed by atoms with Gasteiger partial charge in [-0.1, -0.05) is 12.1 Å². The fraction of sp³-hybridized carbons (Fsp3) is 0.500. The van der Waals surface area contributed by atoms with Crippen molar-refractivity contribution in [2.24, 2.45) is 5.73 Å². The number of hydrogen-bond acceptors (Lipinski definition) is 3. The van der Waals surface area contributed by atoms with Crippen LogP contribution in [0.2, 0.25) is 0 Å². The summed E-state index contributed by atoms with van der Waals surface area (Å²) in [5, 5.41) is 2.71. The highest BCUT2D eigenvalue weighted by molar-refractivity contribution is 8.32. The van der Waals surface area contributed by atoms with E-state index in [1.165, 1.54) is 0 Å². The minimum absolute atomic E-state index is 0.393. The van der Waals surface area contributed by atoms with Crippen molar-refractivity contribution < 1.29 is 9.53 Å². The van der Waals surface area contributed by atoms with Crippen molar-refractivity contribution in [1.82, 2.24) is 0 Å². The lowest BCUT2D eigenvalue weighted by Gasteiger charge is -2.24. The molecule has 4 nitrogen and oxygen atoms in total. The van der Waals surface area contributed by atoms with E-state index in [9.17, 15) is 4.79 Å². The lowest BCUT2D eigenvalue weighted by atomic mass is 10.1. The minimum Gasteiger partial charge on any atom is -0.448 e. The second-order valence-corrected chi connectivity index (χ2v) is 9.88. The number of benzene rings is 1. The van der Waals surface area contributed by atoms with E-state index in [4.69, 9.17) is 10.5 Å². The summed E-state index contributed by atoms with van der Waals surface area (Å²) >= 11 is 0. The van der Waals surface area contributed by atoms with Gasteiger partial charge in [0.25, 0.3) is 0 Å². The van der Waals surface area contributed by atoms with Gasteiger partial charge in [0.1, 0.15) is 6.61 Å². The number of amides is 1. The summed E-state index contributed by atoms with van der Waals surface area (Å²) in [6.07, 6.45) is 7.05. The van der Waals surface area contributed by atoms with Crippen LogP contribution >= 0.6 is 10.0 Å². The van der Waals surface area contributed by atoms with E-state index in [1.54, 1.807) is 0 Å². The predicted molar refractivity (Wildman–Crippen MR) is 84.4 cm³/mol. The molecule has 0 unspecified atom stereocenters. The molecule has 3 N–H and O–H groups in total. The highest BCUT2D eigenvalue weighted by Crippen LogP contribution is 2.33. The highest BCUT2D eigenvalue weighted by atomic mass is 32.3. The van der Waals surface area contributed by atoms with Gasteiger partial charge in [-0.2, -0.15) is 0 Å². The summed E-state index contributed by atoms with van der Waals surface area (Å²) in [5.74, 6) is 0.926. The summed E-state index contributed by atoms with van der Waals surface area (Å²) in [6, 6.07) is 7.64. The number of carbonyl (C=O) groups excluding carboxylic acids is 1. The Balaban J connectivity index is 2.35. The standard InChI is InChI=1S/C14H24N2O2S/c1-19(2,3)11-10-18-14(17)16-13-6-4-12(5-7-13)8-9-15/h4-7H,8-11,15H2,1-3H3,(H,16,17). The Bertz CT molecular complexity index is 399. The van der Waals surface area contributed by atoms with Crippen LogP contribution in [0.25, 0.3) is 0 Å². The molecule has 0 bridgehead atoms. The fourth-order valence-electron chi connectivity index (χ4n) is 1.46. The Morgan fingerprint density at radius 2 is 1.89 bits per heavy atom. The molecule has 5 heteroatoms. The molecule has 0 atom stereocenters. The van der Waals surface area contributed by atoms with E-state index >= 15 is 0 Å². The fourth-order valence-corrected chi connectivity index (χ4v) is 2.04. The quantitative estimate of drug-likeness (QED) is 0.843. The van der Waals surface area contributed by atoms with E-state index in [0.29, 0.717) is 13.2 Å². The second-order valence-electron chi connectivity index (χ2n) is 5.29. The second kappa shape index (κ2) is 7.40. The number of nitrogens with one attached hydrogen (secondary N) is 1. The van der Waals surface area contributed by atoms with E-state index in [0.717, 1.165) is 23.4 Å².